The summed E-state index contributed by atoms with van der Waals surface area (Å²) in [5.41, 5.74) is 3.18. The number of aromatic nitrogens is 3. The van der Waals surface area contributed by atoms with Gasteiger partial charge in [0.15, 0.2) is 0 Å². The molecule has 0 fully saturated rings. The second kappa shape index (κ2) is 11.5. The van der Waals surface area contributed by atoms with Gasteiger partial charge in [0.05, 0.1) is 5.75 Å². The summed E-state index contributed by atoms with van der Waals surface area (Å²) >= 11 is 1.14. The van der Waals surface area contributed by atoms with Crippen LogP contribution in [0.2, 0.25) is 0 Å². The number of aryl methyl sites for hydroxylation is 1. The maximum atomic E-state index is 12.6. The van der Waals surface area contributed by atoms with E-state index < -0.39 is 17.7 Å². The molecule has 2 heterocycles. The third-order valence-corrected chi connectivity index (χ3v) is 6.33. The minimum Gasteiger partial charge on any atom is -0.444 e. The van der Waals surface area contributed by atoms with E-state index in [0.29, 0.717) is 6.42 Å². The first-order valence-electron chi connectivity index (χ1n) is 12.1. The quantitative estimate of drug-likeness (QED) is 0.243. The molecule has 0 bridgehead atoms. The van der Waals surface area contributed by atoms with Crippen LogP contribution in [0, 0.1) is 0 Å². The van der Waals surface area contributed by atoms with Crippen LogP contribution in [0.15, 0.2) is 64.4 Å². The molecule has 1 atom stereocenters. The van der Waals surface area contributed by atoms with Crippen molar-refractivity contribution >= 4 is 40.4 Å². The Morgan fingerprint density at radius 3 is 2.62 bits per heavy atom. The first-order valence-corrected chi connectivity index (χ1v) is 13.1. The van der Waals surface area contributed by atoms with Gasteiger partial charge in [0.1, 0.15) is 11.6 Å². The van der Waals surface area contributed by atoms with Crippen LogP contribution in [0.3, 0.4) is 0 Å². The average Bonchev–Trinajstić information content (AvgIpc) is 3.49. The standard InChI is InChI=1S/C27H31N5O4S/c1-5-17-10-6-8-12-20(17)29-23(33)16-37-26-32-31-24(35-26)22(30-25(34)36-27(2,3)4)14-18-15-28-21-13-9-7-11-19(18)21/h6-13,15,22,28H,5,14,16H2,1-4H3,(H,29,33)(H,30,34)/t22-/m1/s1. The summed E-state index contributed by atoms with van der Waals surface area (Å²) in [6.45, 7) is 7.43. The highest BCUT2D eigenvalue weighted by Gasteiger charge is 2.26. The number of carbonyl (C=O) groups is 2. The summed E-state index contributed by atoms with van der Waals surface area (Å²) < 4.78 is 11.3. The predicted octanol–water partition coefficient (Wildman–Crippen LogP) is 5.65. The second-order valence-electron chi connectivity index (χ2n) is 9.52. The fourth-order valence-corrected chi connectivity index (χ4v) is 4.42. The van der Waals surface area contributed by atoms with Crippen molar-refractivity contribution in [3.63, 3.8) is 0 Å². The van der Waals surface area contributed by atoms with Gasteiger partial charge < -0.3 is 24.8 Å². The Hall–Kier alpha value is -3.79. The molecule has 0 aliphatic carbocycles. The van der Waals surface area contributed by atoms with E-state index in [2.05, 4.69) is 25.8 Å². The highest BCUT2D eigenvalue weighted by atomic mass is 32.2. The molecule has 2 aromatic carbocycles. The third kappa shape index (κ3) is 7.13. The first-order chi connectivity index (χ1) is 17.7. The van der Waals surface area contributed by atoms with Crippen LogP contribution in [-0.4, -0.2) is 38.5 Å². The molecule has 0 radical (unpaired) electrons. The van der Waals surface area contributed by atoms with Crippen LogP contribution in [-0.2, 0) is 22.4 Å². The summed E-state index contributed by atoms with van der Waals surface area (Å²) in [5.74, 6) is 0.162. The van der Waals surface area contributed by atoms with E-state index in [1.54, 1.807) is 20.8 Å². The SMILES string of the molecule is CCc1ccccc1NC(=O)CSc1nnc([C@@H](Cc2c[nH]c3ccccc23)NC(=O)OC(C)(C)C)o1. The molecule has 2 aromatic heterocycles. The highest BCUT2D eigenvalue weighted by Crippen LogP contribution is 2.27. The van der Waals surface area contributed by atoms with Gasteiger partial charge in [0.2, 0.25) is 11.8 Å². The zero-order valence-electron chi connectivity index (χ0n) is 21.3. The molecule has 3 N–H and O–H groups in total. The van der Waals surface area contributed by atoms with Crippen molar-refractivity contribution < 1.29 is 18.7 Å². The first kappa shape index (κ1) is 26.3. The molecular weight excluding hydrogens is 490 g/mol. The third-order valence-electron chi connectivity index (χ3n) is 5.51. The number of nitrogens with one attached hydrogen (secondary N) is 3. The van der Waals surface area contributed by atoms with E-state index in [1.807, 2.05) is 61.7 Å². The van der Waals surface area contributed by atoms with E-state index >= 15 is 0 Å². The molecule has 9 nitrogen and oxygen atoms in total. The molecule has 0 saturated carbocycles. The molecule has 0 unspecified atom stereocenters. The molecule has 2 amide bonds. The van der Waals surface area contributed by atoms with Crippen molar-refractivity contribution in [1.29, 1.82) is 0 Å². The molecule has 10 heteroatoms. The van der Waals surface area contributed by atoms with E-state index in [4.69, 9.17) is 9.15 Å². The monoisotopic (exact) mass is 521 g/mol. The smallest absolute Gasteiger partial charge is 0.408 e. The van der Waals surface area contributed by atoms with E-state index in [-0.39, 0.29) is 22.8 Å². The van der Waals surface area contributed by atoms with Crippen molar-refractivity contribution in [1.82, 2.24) is 20.5 Å². The number of aromatic amines is 1. The van der Waals surface area contributed by atoms with Crippen LogP contribution in [0.25, 0.3) is 10.9 Å². The number of benzene rings is 2. The van der Waals surface area contributed by atoms with Crippen LogP contribution in [0.4, 0.5) is 10.5 Å². The van der Waals surface area contributed by atoms with Gasteiger partial charge in [-0.1, -0.05) is 55.1 Å². The maximum absolute atomic E-state index is 12.6. The van der Waals surface area contributed by atoms with Gasteiger partial charge in [-0.25, -0.2) is 4.79 Å². The lowest BCUT2D eigenvalue weighted by Crippen LogP contribution is -2.36. The molecule has 0 aliphatic rings. The Kier molecular flexibility index (Phi) is 8.17. The van der Waals surface area contributed by atoms with Crippen LogP contribution >= 0.6 is 11.8 Å². The predicted molar refractivity (Wildman–Crippen MR) is 144 cm³/mol. The Morgan fingerprint density at radius 2 is 1.84 bits per heavy atom. The zero-order chi connectivity index (χ0) is 26.4. The summed E-state index contributed by atoms with van der Waals surface area (Å²) in [5, 5.41) is 15.3. The van der Waals surface area contributed by atoms with Crippen molar-refractivity contribution in [2.45, 2.75) is 57.4 Å². The summed E-state index contributed by atoms with van der Waals surface area (Å²) in [6.07, 6.45) is 2.54. The van der Waals surface area contributed by atoms with Crippen molar-refractivity contribution in [2.75, 3.05) is 11.1 Å². The van der Waals surface area contributed by atoms with Gasteiger partial charge in [-0.2, -0.15) is 0 Å². The van der Waals surface area contributed by atoms with Crippen molar-refractivity contribution in [2.24, 2.45) is 0 Å². The van der Waals surface area contributed by atoms with Gasteiger partial charge in [0.25, 0.3) is 5.22 Å². The molecule has 0 aliphatic heterocycles. The highest BCUT2D eigenvalue weighted by molar-refractivity contribution is 7.99. The van der Waals surface area contributed by atoms with Gasteiger partial charge in [-0.15, -0.1) is 10.2 Å². The number of rotatable bonds is 9. The average molecular weight is 522 g/mol. The molecule has 194 valence electrons. The van der Waals surface area contributed by atoms with Gasteiger partial charge in [0, 0.05) is 29.2 Å². The van der Waals surface area contributed by atoms with Crippen molar-refractivity contribution in [3.05, 3.63) is 71.7 Å². The van der Waals surface area contributed by atoms with Crippen LogP contribution < -0.4 is 10.6 Å². The number of nitrogens with zero attached hydrogens (tertiary/aromatic N) is 2. The second-order valence-corrected chi connectivity index (χ2v) is 10.4. The lowest BCUT2D eigenvalue weighted by molar-refractivity contribution is -0.113. The number of hydrogen-bond donors (Lipinski definition) is 3. The van der Waals surface area contributed by atoms with E-state index in [9.17, 15) is 9.59 Å². The maximum Gasteiger partial charge on any atom is 0.408 e. The number of anilines is 1. The molecule has 4 rings (SSSR count). The number of H-pyrrole nitrogens is 1. The van der Waals surface area contributed by atoms with Crippen molar-refractivity contribution in [3.8, 4) is 0 Å². The van der Waals surface area contributed by atoms with E-state index in [1.165, 1.54) is 0 Å². The largest absolute Gasteiger partial charge is 0.444 e. The topological polar surface area (TPSA) is 122 Å². The summed E-state index contributed by atoms with van der Waals surface area (Å²) in [6, 6.07) is 15.0. The fraction of sp³-hybridized carbons (Fsp3) is 0.333. The number of alkyl carbamates (subject to hydrolysis) is 1. The van der Waals surface area contributed by atoms with Gasteiger partial charge >= 0.3 is 6.09 Å². The number of thioether (sulfide) groups is 1. The Labute approximate surface area is 219 Å². The molecule has 0 saturated heterocycles. The lowest BCUT2D eigenvalue weighted by atomic mass is 10.1. The Morgan fingerprint density at radius 1 is 1.08 bits per heavy atom. The number of fused-ring (bicyclic) bond motifs is 1. The number of amides is 2. The van der Waals surface area contributed by atoms with Gasteiger partial charge in [-0.05, 0) is 50.5 Å². The molecular formula is C27H31N5O4S. The summed E-state index contributed by atoms with van der Waals surface area (Å²) in [7, 11) is 0. The van der Waals surface area contributed by atoms with Crippen LogP contribution in [0.1, 0.15) is 50.8 Å². The lowest BCUT2D eigenvalue weighted by Gasteiger charge is -2.22. The van der Waals surface area contributed by atoms with E-state index in [0.717, 1.165) is 45.9 Å². The number of para-hydroxylation sites is 2. The number of carbonyl (C=O) groups excluding carboxylic acids is 2. The normalized spacial score (nSPS) is 12.3. The Balaban J connectivity index is 1.46. The number of ether oxygens (including phenoxy) is 1. The van der Waals surface area contributed by atoms with Crippen LogP contribution in [0.5, 0.6) is 0 Å². The van der Waals surface area contributed by atoms with Gasteiger partial charge in [-0.3, -0.25) is 4.79 Å². The zero-order valence-corrected chi connectivity index (χ0v) is 22.1. The fourth-order valence-electron chi connectivity index (χ4n) is 3.85. The Bertz CT molecular complexity index is 1370. The molecule has 0 spiro atoms. The number of hydrogen-bond acceptors (Lipinski definition) is 7. The molecule has 4 aromatic rings. The summed E-state index contributed by atoms with van der Waals surface area (Å²) in [4.78, 5) is 28.3. The minimum absolute atomic E-state index is 0.103. The minimum atomic E-state index is -0.658. The molecule has 37 heavy (non-hydrogen) atoms.